The van der Waals surface area contributed by atoms with Crippen LogP contribution in [0.1, 0.15) is 5.69 Å². The molecule has 0 saturated heterocycles. The first-order valence-electron chi connectivity index (χ1n) is 5.93. The lowest BCUT2D eigenvalue weighted by Crippen LogP contribution is -2.10. The van der Waals surface area contributed by atoms with E-state index in [4.69, 9.17) is 10.5 Å². The minimum Gasteiger partial charge on any atom is -0.435 e. The summed E-state index contributed by atoms with van der Waals surface area (Å²) in [4.78, 5) is 1.84. The summed E-state index contributed by atoms with van der Waals surface area (Å²) < 4.78 is 42.5. The maximum atomic E-state index is 12.4. The van der Waals surface area contributed by atoms with E-state index in [1.807, 2.05) is 19.0 Å². The molecule has 2 aromatic rings. The molecule has 2 N–H and O–H groups in total. The summed E-state index contributed by atoms with van der Waals surface area (Å²) in [6.45, 7) is 0. The molecule has 5 nitrogen and oxygen atoms in total. The van der Waals surface area contributed by atoms with E-state index in [1.54, 1.807) is 18.2 Å². The molecular weight excluding hydrogens is 285 g/mol. The molecule has 1 aromatic carbocycles. The highest BCUT2D eigenvalue weighted by Gasteiger charge is 2.33. The summed E-state index contributed by atoms with van der Waals surface area (Å²) in [7, 11) is 3.68. The van der Waals surface area contributed by atoms with Gasteiger partial charge in [-0.1, -0.05) is 0 Å². The Hall–Kier alpha value is -2.51. The zero-order valence-electron chi connectivity index (χ0n) is 11.3. The minimum absolute atomic E-state index is 0.0643. The van der Waals surface area contributed by atoms with Crippen molar-refractivity contribution < 1.29 is 17.9 Å². The molecule has 0 radical (unpaired) electrons. The van der Waals surface area contributed by atoms with Gasteiger partial charge in [0.25, 0.3) is 0 Å². The number of nitrogen functional groups attached to an aromatic ring is 1. The van der Waals surface area contributed by atoms with Gasteiger partial charge in [-0.15, -0.1) is 10.2 Å². The maximum Gasteiger partial charge on any atom is 0.435 e. The van der Waals surface area contributed by atoms with Crippen molar-refractivity contribution >= 4 is 11.4 Å². The quantitative estimate of drug-likeness (QED) is 0.883. The fourth-order valence-electron chi connectivity index (χ4n) is 1.53. The van der Waals surface area contributed by atoms with Gasteiger partial charge in [-0.2, -0.15) is 13.2 Å². The number of anilines is 2. The SMILES string of the molecule is CN(C)c1ccc(N)c(Oc2ccc(C(F)(F)F)nn2)c1. The summed E-state index contributed by atoms with van der Waals surface area (Å²) in [5.41, 5.74) is 5.87. The van der Waals surface area contributed by atoms with E-state index in [9.17, 15) is 13.2 Å². The Kier molecular flexibility index (Phi) is 3.88. The van der Waals surface area contributed by atoms with E-state index in [-0.39, 0.29) is 5.88 Å². The number of nitrogens with zero attached hydrogens (tertiary/aromatic N) is 3. The van der Waals surface area contributed by atoms with Gasteiger partial charge in [0.15, 0.2) is 11.4 Å². The monoisotopic (exact) mass is 298 g/mol. The highest BCUT2D eigenvalue weighted by atomic mass is 19.4. The summed E-state index contributed by atoms with van der Waals surface area (Å²) in [5.74, 6) is 0.237. The van der Waals surface area contributed by atoms with Crippen LogP contribution >= 0.6 is 0 Å². The lowest BCUT2D eigenvalue weighted by atomic mass is 10.2. The molecule has 0 fully saturated rings. The van der Waals surface area contributed by atoms with Crippen molar-refractivity contribution in [2.45, 2.75) is 6.18 Å². The van der Waals surface area contributed by atoms with Gasteiger partial charge in [0.2, 0.25) is 5.88 Å². The molecular formula is C13H13F3N4O. The van der Waals surface area contributed by atoms with E-state index in [1.165, 1.54) is 0 Å². The van der Waals surface area contributed by atoms with Crippen molar-refractivity contribution in [1.29, 1.82) is 0 Å². The normalized spacial score (nSPS) is 11.3. The first-order chi connectivity index (χ1) is 9.77. The predicted molar refractivity (Wildman–Crippen MR) is 72.3 cm³/mol. The number of halogens is 3. The van der Waals surface area contributed by atoms with Gasteiger partial charge in [0.1, 0.15) is 0 Å². The Balaban J connectivity index is 2.24. The number of aromatic nitrogens is 2. The first-order valence-corrected chi connectivity index (χ1v) is 5.93. The number of hydrogen-bond donors (Lipinski definition) is 1. The summed E-state index contributed by atoms with van der Waals surface area (Å²) in [5, 5.41) is 6.48. The average molecular weight is 298 g/mol. The van der Waals surface area contributed by atoms with Gasteiger partial charge < -0.3 is 15.4 Å². The lowest BCUT2D eigenvalue weighted by Gasteiger charge is -2.15. The number of hydrogen-bond acceptors (Lipinski definition) is 5. The summed E-state index contributed by atoms with van der Waals surface area (Å²) >= 11 is 0. The zero-order chi connectivity index (χ0) is 15.6. The lowest BCUT2D eigenvalue weighted by molar-refractivity contribution is -0.141. The van der Waals surface area contributed by atoms with Crippen molar-refractivity contribution in [3.63, 3.8) is 0 Å². The van der Waals surface area contributed by atoms with E-state index in [2.05, 4.69) is 10.2 Å². The molecule has 21 heavy (non-hydrogen) atoms. The number of nitrogens with two attached hydrogens (primary N) is 1. The molecule has 0 atom stereocenters. The molecule has 1 aromatic heterocycles. The highest BCUT2D eigenvalue weighted by molar-refractivity contribution is 5.62. The van der Waals surface area contributed by atoms with Gasteiger partial charge in [0, 0.05) is 31.9 Å². The van der Waals surface area contributed by atoms with Crippen LogP contribution in [0.4, 0.5) is 24.5 Å². The molecule has 0 spiro atoms. The fourth-order valence-corrected chi connectivity index (χ4v) is 1.53. The van der Waals surface area contributed by atoms with Crippen LogP contribution in [0, 0.1) is 0 Å². The van der Waals surface area contributed by atoms with Crippen LogP contribution in [-0.2, 0) is 6.18 Å². The first kappa shape index (κ1) is 14.9. The van der Waals surface area contributed by atoms with Crippen molar-refractivity contribution in [3.05, 3.63) is 36.0 Å². The third-order valence-electron chi connectivity index (χ3n) is 2.66. The van der Waals surface area contributed by atoms with E-state index in [0.717, 1.165) is 17.8 Å². The van der Waals surface area contributed by atoms with E-state index < -0.39 is 11.9 Å². The minimum atomic E-state index is -4.53. The average Bonchev–Trinajstić information content (AvgIpc) is 2.40. The van der Waals surface area contributed by atoms with Crippen LogP contribution in [0.25, 0.3) is 0 Å². The fraction of sp³-hybridized carbons (Fsp3) is 0.231. The second kappa shape index (κ2) is 5.47. The van der Waals surface area contributed by atoms with Crippen LogP contribution in [0.5, 0.6) is 11.6 Å². The topological polar surface area (TPSA) is 64.3 Å². The summed E-state index contributed by atoms with van der Waals surface area (Å²) in [6.07, 6.45) is -4.53. The molecule has 0 unspecified atom stereocenters. The number of benzene rings is 1. The number of ether oxygens (including phenoxy) is 1. The molecule has 2 rings (SSSR count). The molecule has 1 heterocycles. The maximum absolute atomic E-state index is 12.4. The Labute approximate surface area is 119 Å². The third kappa shape index (κ3) is 3.53. The van der Waals surface area contributed by atoms with Crippen molar-refractivity contribution in [2.75, 3.05) is 24.7 Å². The molecule has 0 bridgehead atoms. The van der Waals surface area contributed by atoms with Gasteiger partial charge in [-0.05, 0) is 18.2 Å². The van der Waals surface area contributed by atoms with E-state index in [0.29, 0.717) is 11.4 Å². The largest absolute Gasteiger partial charge is 0.435 e. The van der Waals surface area contributed by atoms with Gasteiger partial charge in [-0.3, -0.25) is 0 Å². The number of alkyl halides is 3. The van der Waals surface area contributed by atoms with Crippen molar-refractivity contribution in [2.24, 2.45) is 0 Å². The molecule has 0 aliphatic heterocycles. The Morgan fingerprint density at radius 1 is 1.10 bits per heavy atom. The molecule has 112 valence electrons. The van der Waals surface area contributed by atoms with Gasteiger partial charge >= 0.3 is 6.18 Å². The van der Waals surface area contributed by atoms with Crippen LogP contribution in [0.15, 0.2) is 30.3 Å². The van der Waals surface area contributed by atoms with Gasteiger partial charge in [-0.25, -0.2) is 0 Å². The highest BCUT2D eigenvalue weighted by Crippen LogP contribution is 2.31. The van der Waals surface area contributed by atoms with Gasteiger partial charge in [0.05, 0.1) is 5.69 Å². The van der Waals surface area contributed by atoms with E-state index >= 15 is 0 Å². The molecule has 8 heteroatoms. The Morgan fingerprint density at radius 2 is 1.81 bits per heavy atom. The Morgan fingerprint density at radius 3 is 2.33 bits per heavy atom. The predicted octanol–water partition coefficient (Wildman–Crippen LogP) is 2.94. The van der Waals surface area contributed by atoms with Crippen molar-refractivity contribution in [3.8, 4) is 11.6 Å². The molecule has 0 aliphatic carbocycles. The molecule has 0 aliphatic rings. The smallest absolute Gasteiger partial charge is 0.435 e. The zero-order valence-corrected chi connectivity index (χ0v) is 11.3. The van der Waals surface area contributed by atoms with Crippen LogP contribution in [0.3, 0.4) is 0 Å². The van der Waals surface area contributed by atoms with Crippen molar-refractivity contribution in [1.82, 2.24) is 10.2 Å². The van der Waals surface area contributed by atoms with Crippen LogP contribution in [-0.4, -0.2) is 24.3 Å². The van der Waals surface area contributed by atoms with Crippen LogP contribution < -0.4 is 15.4 Å². The third-order valence-corrected chi connectivity index (χ3v) is 2.66. The second-order valence-corrected chi connectivity index (χ2v) is 4.47. The molecule has 0 amide bonds. The number of rotatable bonds is 3. The standard InChI is InChI=1S/C13H13F3N4O/c1-20(2)8-3-4-9(17)10(7-8)21-12-6-5-11(18-19-12)13(14,15)16/h3-7H,17H2,1-2H3. The van der Waals surface area contributed by atoms with Crippen LogP contribution in [0.2, 0.25) is 0 Å². The Bertz CT molecular complexity index is 626. The summed E-state index contributed by atoms with van der Waals surface area (Å²) in [6, 6.07) is 6.99. The molecule has 0 saturated carbocycles. The second-order valence-electron chi connectivity index (χ2n) is 4.47.